The maximum Gasteiger partial charge on any atom is 0.416 e. The first-order valence-electron chi connectivity index (χ1n) is 4.54. The number of phenolic OH excluding ortho intramolecular Hbond substituents is 1. The lowest BCUT2D eigenvalue weighted by Crippen LogP contribution is -2.03. The first kappa shape index (κ1) is 3.99. The van der Waals surface area contributed by atoms with E-state index in [2.05, 4.69) is 0 Å². The Hall–Kier alpha value is -1.19. The summed E-state index contributed by atoms with van der Waals surface area (Å²) in [5.74, 6) is -1.23. The van der Waals surface area contributed by atoms with Crippen molar-refractivity contribution in [2.75, 3.05) is 0 Å². The Labute approximate surface area is 66.7 Å². The number of halogens is 3. The Kier molecular flexibility index (Phi) is 0.889. The third-order valence-corrected chi connectivity index (χ3v) is 0.895. The first-order valence-corrected chi connectivity index (χ1v) is 2.54. The molecular weight excluding hydrogens is 157 g/mol. The molecule has 1 aromatic rings. The predicted molar refractivity (Wildman–Crippen MR) is 33.1 cm³/mol. The Bertz CT molecular complexity index is 387. The van der Waals surface area contributed by atoms with Crippen LogP contribution in [0.5, 0.6) is 5.75 Å². The summed E-state index contributed by atoms with van der Waals surface area (Å²) in [7, 11) is 0. The molecule has 0 saturated heterocycles. The lowest BCUT2D eigenvalue weighted by molar-refractivity contribution is -0.137. The van der Waals surface area contributed by atoms with Crippen molar-refractivity contribution in [1.29, 1.82) is 0 Å². The van der Waals surface area contributed by atoms with Crippen LogP contribution < -0.4 is 0 Å². The molecule has 0 aliphatic rings. The summed E-state index contributed by atoms with van der Waals surface area (Å²) in [6, 6.07) is -4.60. The number of hydrogen-bond donors (Lipinski definition) is 1. The van der Waals surface area contributed by atoms with Crippen molar-refractivity contribution in [3.63, 3.8) is 0 Å². The minimum absolute atomic E-state index is 0.946. The average Bonchev–Trinajstić information content (AvgIpc) is 2.09. The normalized spacial score (nSPS) is 16.6. The van der Waals surface area contributed by atoms with Crippen molar-refractivity contribution in [3.8, 4) is 5.75 Å². The van der Waals surface area contributed by atoms with Crippen molar-refractivity contribution >= 4 is 0 Å². The average molecular weight is 166 g/mol. The minimum Gasteiger partial charge on any atom is -0.508 e. The zero-order valence-electron chi connectivity index (χ0n) is 9.08. The van der Waals surface area contributed by atoms with E-state index in [1.165, 1.54) is 0 Å². The first-order chi connectivity index (χ1) is 6.68. The molecule has 0 aliphatic heterocycles. The summed E-state index contributed by atoms with van der Waals surface area (Å²) < 4.78 is 64.8. The smallest absolute Gasteiger partial charge is 0.416 e. The molecule has 4 heteroatoms. The van der Waals surface area contributed by atoms with Gasteiger partial charge in [0, 0.05) is 0 Å². The SMILES string of the molecule is [2H]c1c([2H])c(O)c([2H])c(C(F)(F)F)c1[2H]. The van der Waals surface area contributed by atoms with Crippen LogP contribution in [0.3, 0.4) is 0 Å². The molecule has 11 heavy (non-hydrogen) atoms. The zero-order chi connectivity index (χ0) is 12.0. The van der Waals surface area contributed by atoms with Crippen LogP contribution in [0.4, 0.5) is 13.2 Å². The van der Waals surface area contributed by atoms with Gasteiger partial charge in [0.15, 0.2) is 0 Å². The third-order valence-electron chi connectivity index (χ3n) is 0.895. The fourth-order valence-corrected chi connectivity index (χ4v) is 0.476. The summed E-state index contributed by atoms with van der Waals surface area (Å²) in [6.07, 6.45) is -4.99. The maximum absolute atomic E-state index is 12.3. The Morgan fingerprint density at radius 1 is 1.36 bits per heavy atom. The van der Waals surface area contributed by atoms with Gasteiger partial charge in [-0.05, 0) is 18.1 Å². The van der Waals surface area contributed by atoms with Gasteiger partial charge in [-0.3, -0.25) is 0 Å². The van der Waals surface area contributed by atoms with Gasteiger partial charge in [0.05, 0.1) is 11.0 Å². The lowest BCUT2D eigenvalue weighted by Gasteiger charge is -2.05. The molecule has 0 aliphatic carbocycles. The van der Waals surface area contributed by atoms with E-state index in [0.29, 0.717) is 0 Å². The van der Waals surface area contributed by atoms with Gasteiger partial charge < -0.3 is 5.11 Å². The maximum atomic E-state index is 12.3. The van der Waals surface area contributed by atoms with E-state index in [-0.39, 0.29) is 0 Å². The zero-order valence-corrected chi connectivity index (χ0v) is 5.08. The Morgan fingerprint density at radius 3 is 2.55 bits per heavy atom. The molecule has 0 fully saturated rings. The Morgan fingerprint density at radius 2 is 2.00 bits per heavy atom. The highest BCUT2D eigenvalue weighted by molar-refractivity contribution is 5.28. The van der Waals surface area contributed by atoms with Gasteiger partial charge in [-0.15, -0.1) is 0 Å². The number of hydrogen-bond acceptors (Lipinski definition) is 1. The number of phenols is 1. The van der Waals surface area contributed by atoms with E-state index in [9.17, 15) is 13.2 Å². The molecule has 0 unspecified atom stereocenters. The molecule has 0 spiro atoms. The van der Waals surface area contributed by atoms with Gasteiger partial charge in [0.25, 0.3) is 0 Å². The fourth-order valence-electron chi connectivity index (χ4n) is 0.476. The molecular formula is C7H5F3O. The summed E-state index contributed by atoms with van der Waals surface area (Å²) in [6.45, 7) is 0. The standard InChI is InChI=1S/C7H5F3O/c8-7(9,10)5-2-1-3-6(11)4-5/h1-4,11H/i1D,2D,3D,4D. The third kappa shape index (κ3) is 1.86. The van der Waals surface area contributed by atoms with Crippen LogP contribution in [0, 0.1) is 0 Å². The largest absolute Gasteiger partial charge is 0.508 e. The molecule has 1 nitrogen and oxygen atoms in total. The summed E-state index contributed by atoms with van der Waals surface area (Å²) in [5, 5.41) is 8.98. The van der Waals surface area contributed by atoms with Crippen LogP contribution in [0.2, 0.25) is 0 Å². The second kappa shape index (κ2) is 2.45. The van der Waals surface area contributed by atoms with Gasteiger partial charge in [0.2, 0.25) is 0 Å². The van der Waals surface area contributed by atoms with Crippen LogP contribution in [-0.4, -0.2) is 5.11 Å². The van der Waals surface area contributed by atoms with Crippen molar-refractivity contribution in [2.45, 2.75) is 6.18 Å². The van der Waals surface area contributed by atoms with Crippen molar-refractivity contribution < 1.29 is 23.8 Å². The molecule has 0 bridgehead atoms. The fraction of sp³-hybridized carbons (Fsp3) is 0.143. The summed E-state index contributed by atoms with van der Waals surface area (Å²) >= 11 is 0. The van der Waals surface area contributed by atoms with Gasteiger partial charge in [0.1, 0.15) is 5.75 Å². The lowest BCUT2D eigenvalue weighted by atomic mass is 10.2. The van der Waals surface area contributed by atoms with Crippen molar-refractivity contribution in [3.05, 3.63) is 29.7 Å². The highest BCUT2D eigenvalue weighted by Gasteiger charge is 2.30. The number of rotatable bonds is 0. The second-order valence-corrected chi connectivity index (χ2v) is 1.72. The van der Waals surface area contributed by atoms with E-state index < -0.39 is 41.7 Å². The van der Waals surface area contributed by atoms with Crippen LogP contribution >= 0.6 is 0 Å². The molecule has 0 saturated carbocycles. The monoisotopic (exact) mass is 166 g/mol. The quantitative estimate of drug-likeness (QED) is 0.627. The van der Waals surface area contributed by atoms with Crippen LogP contribution in [0.25, 0.3) is 0 Å². The number of benzene rings is 1. The minimum atomic E-state index is -4.99. The van der Waals surface area contributed by atoms with Crippen LogP contribution in [0.15, 0.2) is 24.2 Å². The topological polar surface area (TPSA) is 20.2 Å². The molecule has 0 radical (unpaired) electrons. The number of alkyl halides is 3. The molecule has 1 aromatic carbocycles. The highest BCUT2D eigenvalue weighted by Crippen LogP contribution is 2.30. The van der Waals surface area contributed by atoms with Gasteiger partial charge in [-0.25, -0.2) is 0 Å². The number of aromatic hydroxyl groups is 1. The van der Waals surface area contributed by atoms with E-state index in [0.717, 1.165) is 0 Å². The van der Waals surface area contributed by atoms with Gasteiger partial charge in [-0.2, -0.15) is 13.2 Å². The van der Waals surface area contributed by atoms with E-state index in [1.807, 2.05) is 0 Å². The van der Waals surface area contributed by atoms with E-state index in [4.69, 9.17) is 10.6 Å². The second-order valence-electron chi connectivity index (χ2n) is 1.72. The molecule has 0 heterocycles. The van der Waals surface area contributed by atoms with E-state index >= 15 is 0 Å². The Balaban J connectivity index is 3.68. The molecule has 0 aromatic heterocycles. The van der Waals surface area contributed by atoms with Gasteiger partial charge in [-0.1, -0.05) is 6.04 Å². The van der Waals surface area contributed by atoms with Gasteiger partial charge >= 0.3 is 6.18 Å². The molecule has 1 N–H and O–H groups in total. The van der Waals surface area contributed by atoms with Crippen LogP contribution in [-0.2, 0) is 6.18 Å². The summed E-state index contributed by atoms with van der Waals surface area (Å²) in [5.41, 5.74) is -1.69. The predicted octanol–water partition coefficient (Wildman–Crippen LogP) is 2.41. The highest BCUT2D eigenvalue weighted by atomic mass is 19.4. The summed E-state index contributed by atoms with van der Waals surface area (Å²) in [4.78, 5) is 0. The molecule has 0 atom stereocenters. The van der Waals surface area contributed by atoms with Crippen molar-refractivity contribution in [1.82, 2.24) is 0 Å². The molecule has 0 amide bonds. The van der Waals surface area contributed by atoms with E-state index in [1.54, 1.807) is 0 Å². The molecule has 60 valence electrons. The van der Waals surface area contributed by atoms with Crippen molar-refractivity contribution in [2.24, 2.45) is 0 Å². The molecule has 1 rings (SSSR count). The van der Waals surface area contributed by atoms with Crippen LogP contribution in [0.1, 0.15) is 11.0 Å².